The molecule has 0 saturated carbocycles. The van der Waals surface area contributed by atoms with Crippen molar-refractivity contribution in [2.24, 2.45) is 0 Å². The third-order valence-corrected chi connectivity index (χ3v) is 2.55. The average Bonchev–Trinajstić information content (AvgIpc) is 2.28. The fourth-order valence-electron chi connectivity index (χ4n) is 1.35. The van der Waals surface area contributed by atoms with Crippen LogP contribution >= 0.6 is 15.9 Å². The molecule has 4 heteroatoms. The van der Waals surface area contributed by atoms with Gasteiger partial charge in [0.2, 0.25) is 0 Å². The van der Waals surface area contributed by atoms with E-state index in [0.717, 1.165) is 0 Å². The summed E-state index contributed by atoms with van der Waals surface area (Å²) in [5.74, 6) is -0.0743. The number of rotatable bonds is 3. The number of nitriles is 2. The Morgan fingerprint density at radius 3 is 2.69 bits per heavy atom. The number of hydrogen-bond donors (Lipinski definition) is 0. The van der Waals surface area contributed by atoms with Gasteiger partial charge in [-0.15, -0.1) is 0 Å². The summed E-state index contributed by atoms with van der Waals surface area (Å²) >= 11 is 3.20. The van der Waals surface area contributed by atoms with Crippen LogP contribution in [0.1, 0.15) is 28.4 Å². The molecule has 1 rings (SSSR count). The Hall–Kier alpha value is -1.65. The highest BCUT2D eigenvalue weighted by atomic mass is 79.9. The van der Waals surface area contributed by atoms with E-state index in [1.54, 1.807) is 25.1 Å². The number of carbonyl (C=O) groups excluding carboxylic acids is 1. The van der Waals surface area contributed by atoms with Crippen molar-refractivity contribution in [2.45, 2.75) is 18.2 Å². The highest BCUT2D eigenvalue weighted by molar-refractivity contribution is 9.10. The number of nitrogens with zero attached hydrogens (tertiary/aromatic N) is 2. The summed E-state index contributed by atoms with van der Waals surface area (Å²) in [5.41, 5.74) is 1.58. The van der Waals surface area contributed by atoms with Crippen molar-refractivity contribution in [3.05, 3.63) is 34.9 Å². The summed E-state index contributed by atoms with van der Waals surface area (Å²) in [6, 6.07) is 8.76. The Bertz CT molecular complexity index is 495. The molecule has 0 aliphatic rings. The van der Waals surface area contributed by atoms with E-state index in [9.17, 15) is 4.79 Å². The van der Waals surface area contributed by atoms with Crippen molar-refractivity contribution in [1.82, 2.24) is 0 Å². The Balaban J connectivity index is 3.25. The van der Waals surface area contributed by atoms with Gasteiger partial charge >= 0.3 is 0 Å². The van der Waals surface area contributed by atoms with Gasteiger partial charge in [-0.3, -0.25) is 4.79 Å². The van der Waals surface area contributed by atoms with Gasteiger partial charge in [-0.1, -0.05) is 15.9 Å². The predicted molar refractivity (Wildman–Crippen MR) is 63.2 cm³/mol. The van der Waals surface area contributed by atoms with Crippen LogP contribution in [0.5, 0.6) is 0 Å². The molecular formula is C12H9BrN2O. The first-order valence-corrected chi connectivity index (χ1v) is 5.60. The highest BCUT2D eigenvalue weighted by Crippen LogP contribution is 2.17. The van der Waals surface area contributed by atoms with E-state index in [2.05, 4.69) is 15.9 Å². The molecule has 1 aromatic rings. The van der Waals surface area contributed by atoms with E-state index in [1.165, 1.54) is 0 Å². The van der Waals surface area contributed by atoms with Crippen LogP contribution in [-0.4, -0.2) is 10.6 Å². The van der Waals surface area contributed by atoms with E-state index in [0.29, 0.717) is 16.7 Å². The lowest BCUT2D eigenvalue weighted by Gasteiger charge is -2.07. The van der Waals surface area contributed by atoms with Crippen LogP contribution in [0.3, 0.4) is 0 Å². The largest absolute Gasteiger partial charge is 0.293 e. The Morgan fingerprint density at radius 1 is 1.50 bits per heavy atom. The van der Waals surface area contributed by atoms with Crippen molar-refractivity contribution in [3.63, 3.8) is 0 Å². The molecule has 1 unspecified atom stereocenters. The standard InChI is InChI=1S/C12H9BrN2O/c1-8(13)12(16)11-3-2-9(7-15)6-10(11)4-5-14/h2-3,6,8H,4H2,1H3. The lowest BCUT2D eigenvalue weighted by Crippen LogP contribution is -2.12. The highest BCUT2D eigenvalue weighted by Gasteiger charge is 2.16. The van der Waals surface area contributed by atoms with Crippen LogP contribution in [0.15, 0.2) is 18.2 Å². The third kappa shape index (κ3) is 2.68. The monoisotopic (exact) mass is 276 g/mol. The summed E-state index contributed by atoms with van der Waals surface area (Å²) < 4.78 is 0. The van der Waals surface area contributed by atoms with Gasteiger partial charge in [-0.25, -0.2) is 0 Å². The molecule has 0 N–H and O–H groups in total. The zero-order valence-corrected chi connectivity index (χ0v) is 10.3. The fourth-order valence-corrected chi connectivity index (χ4v) is 1.60. The van der Waals surface area contributed by atoms with Crippen LogP contribution < -0.4 is 0 Å². The molecule has 0 aromatic heterocycles. The molecule has 0 aliphatic carbocycles. The third-order valence-electron chi connectivity index (χ3n) is 2.13. The minimum absolute atomic E-state index is 0.0743. The minimum atomic E-state index is -0.294. The van der Waals surface area contributed by atoms with Crippen molar-refractivity contribution < 1.29 is 4.79 Å². The lowest BCUT2D eigenvalue weighted by molar-refractivity contribution is 0.0995. The predicted octanol–water partition coefficient (Wildman–Crippen LogP) is 2.59. The van der Waals surface area contributed by atoms with Crippen molar-refractivity contribution >= 4 is 21.7 Å². The number of carbonyl (C=O) groups is 1. The van der Waals surface area contributed by atoms with Gasteiger partial charge in [0.1, 0.15) is 0 Å². The molecule has 0 saturated heterocycles. The normalized spacial score (nSPS) is 11.2. The summed E-state index contributed by atoms with van der Waals surface area (Å²) in [4.78, 5) is 11.5. The molecule has 1 aromatic carbocycles. The summed E-state index contributed by atoms with van der Waals surface area (Å²) in [6.07, 6.45) is 0.135. The first-order valence-electron chi connectivity index (χ1n) is 4.68. The minimum Gasteiger partial charge on any atom is -0.293 e. The van der Waals surface area contributed by atoms with Crippen LogP contribution in [0.4, 0.5) is 0 Å². The SMILES string of the molecule is CC(Br)C(=O)c1ccc(C#N)cc1CC#N. The number of hydrogen-bond acceptors (Lipinski definition) is 3. The molecule has 0 fully saturated rings. The molecule has 0 spiro atoms. The number of halogens is 1. The van der Waals surface area contributed by atoms with Gasteiger partial charge < -0.3 is 0 Å². The molecule has 0 radical (unpaired) electrons. The molecule has 1 atom stereocenters. The fraction of sp³-hybridized carbons (Fsp3) is 0.250. The molecule has 80 valence electrons. The Kier molecular flexibility index (Phi) is 4.22. The van der Waals surface area contributed by atoms with Crippen molar-refractivity contribution in [2.75, 3.05) is 0 Å². The van der Waals surface area contributed by atoms with Crippen LogP contribution in [0.2, 0.25) is 0 Å². The first-order chi connectivity index (χ1) is 7.60. The summed E-state index contributed by atoms with van der Waals surface area (Å²) in [6.45, 7) is 1.73. The van der Waals surface area contributed by atoms with E-state index < -0.39 is 0 Å². The topological polar surface area (TPSA) is 64.7 Å². The second-order valence-electron chi connectivity index (χ2n) is 3.30. The van der Waals surface area contributed by atoms with Crippen LogP contribution in [0.25, 0.3) is 0 Å². The molecule has 0 aliphatic heterocycles. The van der Waals surface area contributed by atoms with Gasteiger partial charge in [0, 0.05) is 5.56 Å². The Labute approximate surface area is 102 Å². The quantitative estimate of drug-likeness (QED) is 0.630. The van der Waals surface area contributed by atoms with E-state index in [4.69, 9.17) is 10.5 Å². The van der Waals surface area contributed by atoms with Crippen LogP contribution in [0, 0.1) is 22.7 Å². The second kappa shape index (κ2) is 5.44. The summed E-state index contributed by atoms with van der Waals surface area (Å²) in [5, 5.41) is 17.4. The van der Waals surface area contributed by atoms with Crippen molar-refractivity contribution in [3.8, 4) is 12.1 Å². The Morgan fingerprint density at radius 2 is 2.19 bits per heavy atom. The van der Waals surface area contributed by atoms with E-state index >= 15 is 0 Å². The van der Waals surface area contributed by atoms with E-state index in [-0.39, 0.29) is 17.0 Å². The van der Waals surface area contributed by atoms with Gasteiger partial charge in [-0.05, 0) is 30.7 Å². The maximum Gasteiger partial charge on any atom is 0.176 e. The lowest BCUT2D eigenvalue weighted by atomic mass is 9.98. The summed E-state index contributed by atoms with van der Waals surface area (Å²) in [7, 11) is 0. The number of ketones is 1. The maximum atomic E-state index is 11.8. The van der Waals surface area contributed by atoms with Gasteiger partial charge in [0.25, 0.3) is 0 Å². The molecule has 0 heterocycles. The van der Waals surface area contributed by atoms with Crippen LogP contribution in [-0.2, 0) is 6.42 Å². The smallest absolute Gasteiger partial charge is 0.176 e. The van der Waals surface area contributed by atoms with Gasteiger partial charge in [0.15, 0.2) is 5.78 Å². The van der Waals surface area contributed by atoms with E-state index in [1.807, 2.05) is 12.1 Å². The zero-order valence-electron chi connectivity index (χ0n) is 8.70. The van der Waals surface area contributed by atoms with Gasteiger partial charge in [0.05, 0.1) is 28.9 Å². The average molecular weight is 277 g/mol. The number of alkyl halides is 1. The molecule has 0 amide bonds. The number of benzene rings is 1. The molecular weight excluding hydrogens is 268 g/mol. The molecule has 0 bridgehead atoms. The molecule has 16 heavy (non-hydrogen) atoms. The van der Waals surface area contributed by atoms with Gasteiger partial charge in [-0.2, -0.15) is 10.5 Å². The second-order valence-corrected chi connectivity index (χ2v) is 4.67. The maximum absolute atomic E-state index is 11.8. The van der Waals surface area contributed by atoms with Crippen molar-refractivity contribution in [1.29, 1.82) is 10.5 Å². The molecule has 3 nitrogen and oxygen atoms in total. The first kappa shape index (κ1) is 12.4. The number of Topliss-reactive ketones (excluding diaryl/α,β-unsaturated/α-hetero) is 1. The zero-order chi connectivity index (χ0) is 12.1.